The molecule has 1 aromatic carbocycles. The predicted molar refractivity (Wildman–Crippen MR) is 135 cm³/mol. The van der Waals surface area contributed by atoms with Crippen LogP contribution in [-0.2, 0) is 23.0 Å². The van der Waals surface area contributed by atoms with Gasteiger partial charge in [0.15, 0.2) is 0 Å². The Morgan fingerprint density at radius 2 is 1.88 bits per heavy atom. The molecular formula is C24H31N5O3S2. The Hall–Kier alpha value is -2.69. The van der Waals surface area contributed by atoms with E-state index in [2.05, 4.69) is 41.3 Å². The van der Waals surface area contributed by atoms with Crippen LogP contribution in [0.25, 0.3) is 0 Å². The van der Waals surface area contributed by atoms with Gasteiger partial charge >= 0.3 is 0 Å². The molecule has 1 amide bonds. The molecule has 3 aromatic rings. The molecule has 0 aliphatic carbocycles. The molecular weight excluding hydrogens is 470 g/mol. The van der Waals surface area contributed by atoms with E-state index in [0.29, 0.717) is 45.7 Å². The summed E-state index contributed by atoms with van der Waals surface area (Å²) in [7, 11) is -3.90. The van der Waals surface area contributed by atoms with Crippen LogP contribution in [0.2, 0.25) is 0 Å². The highest BCUT2D eigenvalue weighted by Gasteiger charge is 2.35. The highest BCUT2D eigenvalue weighted by Crippen LogP contribution is 2.26. The van der Waals surface area contributed by atoms with Crippen LogP contribution in [-0.4, -0.2) is 61.1 Å². The second-order valence-corrected chi connectivity index (χ2v) is 11.3. The molecule has 0 unspecified atom stereocenters. The number of rotatable bonds is 8. The highest BCUT2D eigenvalue weighted by molar-refractivity contribution is 7.89. The molecule has 1 aliphatic heterocycles. The fourth-order valence-corrected chi connectivity index (χ4v) is 6.36. The van der Waals surface area contributed by atoms with Crippen molar-refractivity contribution in [2.24, 2.45) is 0 Å². The Balaban J connectivity index is 1.48. The molecule has 34 heavy (non-hydrogen) atoms. The van der Waals surface area contributed by atoms with Crippen LogP contribution in [0.4, 0.5) is 5.69 Å². The summed E-state index contributed by atoms with van der Waals surface area (Å²) in [6.07, 6.45) is 2.23. The second-order valence-electron chi connectivity index (χ2n) is 8.40. The van der Waals surface area contributed by atoms with Crippen molar-refractivity contribution < 1.29 is 13.2 Å². The van der Waals surface area contributed by atoms with Crippen LogP contribution in [0.3, 0.4) is 0 Å². The molecule has 1 fully saturated rings. The van der Waals surface area contributed by atoms with Crippen LogP contribution < -0.4 is 10.2 Å². The van der Waals surface area contributed by atoms with E-state index in [1.807, 2.05) is 30.5 Å². The topological polar surface area (TPSA) is 87.5 Å². The number of carbonyl (C=O) groups is 1. The van der Waals surface area contributed by atoms with Gasteiger partial charge in [0.2, 0.25) is 5.03 Å². The lowest BCUT2D eigenvalue weighted by Gasteiger charge is -2.36. The van der Waals surface area contributed by atoms with Crippen LogP contribution in [0, 0.1) is 13.8 Å². The summed E-state index contributed by atoms with van der Waals surface area (Å²) in [6.45, 7) is 8.80. The van der Waals surface area contributed by atoms with Gasteiger partial charge in [-0.15, -0.1) is 11.3 Å². The summed E-state index contributed by atoms with van der Waals surface area (Å²) in [5.74, 6) is -0.413. The Bertz CT molecular complexity index is 1240. The summed E-state index contributed by atoms with van der Waals surface area (Å²) >= 11 is 1.63. The summed E-state index contributed by atoms with van der Waals surface area (Å²) in [4.78, 5) is 16.3. The number of nitrogens with zero attached hydrogens (tertiary/aromatic N) is 4. The molecule has 0 atom stereocenters. The average Bonchev–Trinajstić information content (AvgIpc) is 3.51. The summed E-state index contributed by atoms with van der Waals surface area (Å²) in [6, 6.07) is 10.2. The molecule has 1 aliphatic rings. The number of hydrogen-bond donors (Lipinski definition) is 1. The Morgan fingerprint density at radius 3 is 2.56 bits per heavy atom. The average molecular weight is 502 g/mol. The third-order valence-corrected chi connectivity index (χ3v) is 9.04. The number of hydrogen-bond acceptors (Lipinski definition) is 6. The number of benzene rings is 1. The minimum atomic E-state index is -3.90. The lowest BCUT2D eigenvalue weighted by atomic mass is 10.1. The number of carbonyl (C=O) groups excluding carboxylic acids is 1. The van der Waals surface area contributed by atoms with Crippen molar-refractivity contribution in [3.05, 3.63) is 63.5 Å². The van der Waals surface area contributed by atoms with Gasteiger partial charge in [-0.3, -0.25) is 9.48 Å². The van der Waals surface area contributed by atoms with Gasteiger partial charge in [-0.2, -0.15) is 9.40 Å². The summed E-state index contributed by atoms with van der Waals surface area (Å²) in [5.41, 5.74) is 3.66. The molecule has 1 saturated heterocycles. The number of aromatic nitrogens is 2. The fraction of sp³-hybridized carbons (Fsp3) is 0.417. The second kappa shape index (κ2) is 10.3. The molecule has 182 valence electrons. The van der Waals surface area contributed by atoms with Gasteiger partial charge in [0, 0.05) is 56.0 Å². The van der Waals surface area contributed by atoms with Gasteiger partial charge in [-0.1, -0.05) is 18.2 Å². The standard InChI is InChI=1S/C24H31N5O3S2/c1-4-28-17-21(23(30)25-11-10-20-8-6-16-33-20)24(26-28)34(31,32)29-14-12-27(13-15-29)22-9-5-7-18(2)19(22)3/h5-9,16-17H,4,10-15H2,1-3H3,(H,25,30). The number of aryl methyl sites for hydroxylation is 2. The first-order valence-corrected chi connectivity index (χ1v) is 13.8. The Labute approximate surface area is 205 Å². The Kier molecular flexibility index (Phi) is 7.39. The molecule has 4 rings (SSSR count). The van der Waals surface area contributed by atoms with Crippen molar-refractivity contribution in [1.82, 2.24) is 19.4 Å². The lowest BCUT2D eigenvalue weighted by molar-refractivity contribution is 0.0950. The van der Waals surface area contributed by atoms with Crippen molar-refractivity contribution >= 4 is 33.0 Å². The summed E-state index contributed by atoms with van der Waals surface area (Å²) in [5, 5.41) is 8.95. The fourth-order valence-electron chi connectivity index (χ4n) is 4.13. The van der Waals surface area contributed by atoms with Crippen LogP contribution in [0.15, 0.2) is 46.9 Å². The van der Waals surface area contributed by atoms with E-state index in [9.17, 15) is 13.2 Å². The number of sulfonamides is 1. The van der Waals surface area contributed by atoms with Gasteiger partial charge in [0.1, 0.15) is 0 Å². The van der Waals surface area contributed by atoms with E-state index >= 15 is 0 Å². The smallest absolute Gasteiger partial charge is 0.263 e. The molecule has 10 heteroatoms. The minimum absolute atomic E-state index is 0.102. The number of anilines is 1. The molecule has 8 nitrogen and oxygen atoms in total. The van der Waals surface area contributed by atoms with Crippen molar-refractivity contribution in [3.8, 4) is 0 Å². The van der Waals surface area contributed by atoms with Crippen molar-refractivity contribution in [2.75, 3.05) is 37.6 Å². The van der Waals surface area contributed by atoms with Crippen molar-refractivity contribution in [3.63, 3.8) is 0 Å². The number of piperazine rings is 1. The predicted octanol–water partition coefficient (Wildman–Crippen LogP) is 3.06. The molecule has 0 bridgehead atoms. The first-order valence-electron chi connectivity index (χ1n) is 11.5. The van der Waals surface area contributed by atoms with Gasteiger partial charge in [0.05, 0.1) is 5.56 Å². The molecule has 0 spiro atoms. The van der Waals surface area contributed by atoms with Crippen molar-refractivity contribution in [2.45, 2.75) is 38.8 Å². The van der Waals surface area contributed by atoms with Crippen LogP contribution in [0.1, 0.15) is 33.3 Å². The zero-order valence-electron chi connectivity index (χ0n) is 19.8. The zero-order chi connectivity index (χ0) is 24.3. The zero-order valence-corrected chi connectivity index (χ0v) is 21.5. The van der Waals surface area contributed by atoms with E-state index in [1.54, 1.807) is 11.3 Å². The van der Waals surface area contributed by atoms with E-state index < -0.39 is 15.9 Å². The molecule has 1 N–H and O–H groups in total. The number of thiophene rings is 1. The lowest BCUT2D eigenvalue weighted by Crippen LogP contribution is -2.49. The van der Waals surface area contributed by atoms with Crippen molar-refractivity contribution in [1.29, 1.82) is 0 Å². The SMILES string of the molecule is CCn1cc(C(=O)NCCc2cccs2)c(S(=O)(=O)N2CCN(c3cccc(C)c3C)CC2)n1. The summed E-state index contributed by atoms with van der Waals surface area (Å²) < 4.78 is 30.0. The number of nitrogens with one attached hydrogen (secondary N) is 1. The van der Waals surface area contributed by atoms with E-state index in [0.717, 1.165) is 5.69 Å². The first-order chi connectivity index (χ1) is 16.3. The van der Waals surface area contributed by atoms with Gasteiger partial charge in [-0.25, -0.2) is 8.42 Å². The molecule has 3 heterocycles. The van der Waals surface area contributed by atoms with Gasteiger partial charge in [-0.05, 0) is 55.8 Å². The largest absolute Gasteiger partial charge is 0.369 e. The van der Waals surface area contributed by atoms with Crippen LogP contribution in [0.5, 0.6) is 0 Å². The highest BCUT2D eigenvalue weighted by atomic mass is 32.2. The van der Waals surface area contributed by atoms with E-state index in [1.165, 1.54) is 31.2 Å². The normalized spacial score (nSPS) is 15.0. The maximum Gasteiger partial charge on any atom is 0.263 e. The first kappa shape index (κ1) is 24.4. The monoisotopic (exact) mass is 501 g/mol. The van der Waals surface area contributed by atoms with Crippen LogP contribution >= 0.6 is 11.3 Å². The quantitative estimate of drug-likeness (QED) is 0.513. The molecule has 2 aromatic heterocycles. The van der Waals surface area contributed by atoms with Gasteiger partial charge < -0.3 is 10.2 Å². The number of amides is 1. The maximum absolute atomic E-state index is 13.5. The van der Waals surface area contributed by atoms with Gasteiger partial charge in [0.25, 0.3) is 15.9 Å². The van der Waals surface area contributed by atoms with E-state index in [4.69, 9.17) is 0 Å². The molecule has 0 saturated carbocycles. The molecule has 0 radical (unpaired) electrons. The third kappa shape index (κ3) is 5.03. The van der Waals surface area contributed by atoms with E-state index in [-0.39, 0.29) is 10.6 Å². The minimum Gasteiger partial charge on any atom is -0.369 e. The maximum atomic E-state index is 13.5. The third-order valence-electron chi connectivity index (χ3n) is 6.27. The Morgan fingerprint density at radius 1 is 1.12 bits per heavy atom.